The summed E-state index contributed by atoms with van der Waals surface area (Å²) in [5.74, 6) is 6.67. The molecular formula is C10H12N6O. The second kappa shape index (κ2) is 4.97. The highest BCUT2D eigenvalue weighted by Gasteiger charge is 1.96. The zero-order valence-electron chi connectivity index (χ0n) is 9.24. The molecule has 1 aromatic carbocycles. The van der Waals surface area contributed by atoms with Gasteiger partial charge in [0.2, 0.25) is 0 Å². The molecule has 0 aliphatic carbocycles. The third-order valence-corrected chi connectivity index (χ3v) is 2.07. The predicted octanol–water partition coefficient (Wildman–Crippen LogP) is 0.446. The van der Waals surface area contributed by atoms with Crippen LogP contribution in [0.1, 0.15) is 5.56 Å². The number of nitrogens with zero attached hydrogens (tertiary/aromatic N) is 4. The summed E-state index contributed by atoms with van der Waals surface area (Å²) in [4.78, 5) is 0. The zero-order valence-corrected chi connectivity index (χ0v) is 9.24. The van der Waals surface area contributed by atoms with Crippen molar-refractivity contribution in [3.8, 4) is 5.75 Å². The van der Waals surface area contributed by atoms with Crippen molar-refractivity contribution >= 4 is 12.2 Å². The second-order valence-electron chi connectivity index (χ2n) is 3.20. The minimum Gasteiger partial charge on any atom is -0.497 e. The third-order valence-electron chi connectivity index (χ3n) is 2.07. The summed E-state index contributed by atoms with van der Waals surface area (Å²) in [7, 11) is 1.62. The summed E-state index contributed by atoms with van der Waals surface area (Å²) in [5, 5.41) is 11.3. The minimum absolute atomic E-state index is 0.370. The molecule has 0 fully saturated rings. The SMILES string of the molecule is COc1ccc(/C=N\Nc2nncn2N)cc1. The molecule has 0 saturated heterocycles. The third kappa shape index (κ3) is 2.71. The number of anilines is 1. The van der Waals surface area contributed by atoms with Gasteiger partial charge in [0.1, 0.15) is 12.1 Å². The maximum absolute atomic E-state index is 5.50. The van der Waals surface area contributed by atoms with E-state index in [1.54, 1.807) is 13.3 Å². The standard InChI is InChI=1S/C10H12N6O/c1-17-9-4-2-8(3-5-9)6-12-14-10-15-13-7-16(10)11/h2-7H,11H2,1H3,(H,14,15)/b12-6-. The normalized spacial score (nSPS) is 10.6. The molecule has 0 amide bonds. The van der Waals surface area contributed by atoms with Crippen molar-refractivity contribution in [1.29, 1.82) is 0 Å². The first-order chi connectivity index (χ1) is 8.29. The van der Waals surface area contributed by atoms with Gasteiger partial charge in [0.15, 0.2) is 0 Å². The Balaban J connectivity index is 1.98. The summed E-state index contributed by atoms with van der Waals surface area (Å²) in [6.07, 6.45) is 3.03. The molecule has 0 atom stereocenters. The van der Waals surface area contributed by atoms with Crippen LogP contribution in [0.15, 0.2) is 35.7 Å². The van der Waals surface area contributed by atoms with Crippen LogP contribution in [-0.2, 0) is 0 Å². The monoisotopic (exact) mass is 232 g/mol. The van der Waals surface area contributed by atoms with Gasteiger partial charge in [0.25, 0.3) is 5.95 Å². The molecule has 2 aromatic rings. The van der Waals surface area contributed by atoms with Gasteiger partial charge in [-0.05, 0) is 29.8 Å². The van der Waals surface area contributed by atoms with Crippen molar-refractivity contribution < 1.29 is 4.74 Å². The average Bonchev–Trinajstić information content (AvgIpc) is 2.76. The Morgan fingerprint density at radius 2 is 2.18 bits per heavy atom. The highest BCUT2D eigenvalue weighted by molar-refractivity contribution is 5.80. The van der Waals surface area contributed by atoms with Gasteiger partial charge in [-0.25, -0.2) is 10.1 Å². The smallest absolute Gasteiger partial charge is 0.263 e. The van der Waals surface area contributed by atoms with Crippen LogP contribution in [0.25, 0.3) is 0 Å². The van der Waals surface area contributed by atoms with Crippen molar-refractivity contribution in [1.82, 2.24) is 14.9 Å². The van der Waals surface area contributed by atoms with E-state index in [1.165, 1.54) is 11.0 Å². The number of rotatable bonds is 4. The Morgan fingerprint density at radius 3 is 2.76 bits per heavy atom. The number of nitrogens with one attached hydrogen (secondary N) is 1. The van der Waals surface area contributed by atoms with Crippen LogP contribution in [0.5, 0.6) is 5.75 Å². The Hall–Kier alpha value is -2.57. The van der Waals surface area contributed by atoms with Gasteiger partial charge in [-0.3, -0.25) is 0 Å². The van der Waals surface area contributed by atoms with E-state index in [-0.39, 0.29) is 0 Å². The van der Waals surface area contributed by atoms with Crippen molar-refractivity contribution in [3.05, 3.63) is 36.2 Å². The highest BCUT2D eigenvalue weighted by atomic mass is 16.5. The number of aromatic nitrogens is 3. The first-order valence-electron chi connectivity index (χ1n) is 4.88. The van der Waals surface area contributed by atoms with E-state index in [4.69, 9.17) is 10.6 Å². The Morgan fingerprint density at radius 1 is 1.41 bits per heavy atom. The fourth-order valence-electron chi connectivity index (χ4n) is 1.18. The maximum Gasteiger partial charge on any atom is 0.263 e. The molecular weight excluding hydrogens is 220 g/mol. The first kappa shape index (κ1) is 10.9. The minimum atomic E-state index is 0.370. The molecule has 0 aliphatic heterocycles. The van der Waals surface area contributed by atoms with Crippen LogP contribution < -0.4 is 16.0 Å². The number of hydrazone groups is 1. The number of methoxy groups -OCH3 is 1. The van der Waals surface area contributed by atoms with Crippen molar-refractivity contribution in [3.63, 3.8) is 0 Å². The molecule has 1 heterocycles. The van der Waals surface area contributed by atoms with E-state index >= 15 is 0 Å². The lowest BCUT2D eigenvalue weighted by Crippen LogP contribution is -2.10. The molecule has 7 heteroatoms. The van der Waals surface area contributed by atoms with Crippen LogP contribution in [0.4, 0.5) is 5.95 Å². The zero-order chi connectivity index (χ0) is 12.1. The van der Waals surface area contributed by atoms with Crippen LogP contribution in [0.3, 0.4) is 0 Å². The van der Waals surface area contributed by atoms with Gasteiger partial charge in [-0.1, -0.05) is 0 Å². The molecule has 0 aliphatic rings. The molecule has 3 N–H and O–H groups in total. The molecule has 0 bridgehead atoms. The van der Waals surface area contributed by atoms with Gasteiger partial charge in [0.05, 0.1) is 13.3 Å². The molecule has 2 rings (SSSR count). The topological polar surface area (TPSA) is 90.3 Å². The lowest BCUT2D eigenvalue weighted by Gasteiger charge is -1.99. The van der Waals surface area contributed by atoms with Gasteiger partial charge in [-0.2, -0.15) is 5.10 Å². The first-order valence-corrected chi connectivity index (χ1v) is 4.88. The van der Waals surface area contributed by atoms with Crippen LogP contribution in [0, 0.1) is 0 Å². The summed E-state index contributed by atoms with van der Waals surface area (Å²) in [5.41, 5.74) is 3.60. The average molecular weight is 232 g/mol. The number of nitrogen functional groups attached to an aromatic ring is 1. The molecule has 0 spiro atoms. The number of nitrogens with two attached hydrogens (primary N) is 1. The lowest BCUT2D eigenvalue weighted by molar-refractivity contribution is 0.415. The molecule has 17 heavy (non-hydrogen) atoms. The highest BCUT2D eigenvalue weighted by Crippen LogP contribution is 2.09. The largest absolute Gasteiger partial charge is 0.497 e. The number of hydrogen-bond acceptors (Lipinski definition) is 6. The molecule has 0 unspecified atom stereocenters. The van der Waals surface area contributed by atoms with Crippen LogP contribution in [0.2, 0.25) is 0 Å². The summed E-state index contributed by atoms with van der Waals surface area (Å²) in [6.45, 7) is 0. The summed E-state index contributed by atoms with van der Waals surface area (Å²) < 4.78 is 6.29. The van der Waals surface area contributed by atoms with Gasteiger partial charge in [0, 0.05) is 0 Å². The molecule has 0 saturated carbocycles. The van der Waals surface area contributed by atoms with E-state index in [2.05, 4.69) is 20.7 Å². The van der Waals surface area contributed by atoms with Crippen molar-refractivity contribution in [2.24, 2.45) is 5.10 Å². The Kier molecular flexibility index (Phi) is 3.20. The molecule has 7 nitrogen and oxygen atoms in total. The van der Waals surface area contributed by atoms with E-state index in [0.717, 1.165) is 11.3 Å². The molecule has 1 aromatic heterocycles. The number of ether oxygens (including phenoxy) is 1. The number of benzene rings is 1. The molecule has 88 valence electrons. The molecule has 0 radical (unpaired) electrons. The van der Waals surface area contributed by atoms with E-state index < -0.39 is 0 Å². The van der Waals surface area contributed by atoms with E-state index in [1.807, 2.05) is 24.3 Å². The summed E-state index contributed by atoms with van der Waals surface area (Å²) in [6, 6.07) is 7.48. The van der Waals surface area contributed by atoms with Gasteiger partial charge >= 0.3 is 0 Å². The second-order valence-corrected chi connectivity index (χ2v) is 3.20. The lowest BCUT2D eigenvalue weighted by atomic mass is 10.2. The van der Waals surface area contributed by atoms with E-state index in [0.29, 0.717) is 5.95 Å². The van der Waals surface area contributed by atoms with E-state index in [9.17, 15) is 0 Å². The quantitative estimate of drug-likeness (QED) is 0.453. The summed E-state index contributed by atoms with van der Waals surface area (Å²) >= 11 is 0. The van der Waals surface area contributed by atoms with Gasteiger partial charge in [-0.15, -0.1) is 10.2 Å². The van der Waals surface area contributed by atoms with Crippen molar-refractivity contribution in [2.45, 2.75) is 0 Å². The van der Waals surface area contributed by atoms with Crippen LogP contribution in [-0.4, -0.2) is 28.2 Å². The Labute approximate surface area is 97.9 Å². The Bertz CT molecular complexity index is 504. The van der Waals surface area contributed by atoms with Gasteiger partial charge < -0.3 is 10.6 Å². The predicted molar refractivity (Wildman–Crippen MR) is 64.4 cm³/mol. The maximum atomic E-state index is 5.50. The fourth-order valence-corrected chi connectivity index (χ4v) is 1.18. The number of hydrogen-bond donors (Lipinski definition) is 2. The van der Waals surface area contributed by atoms with Crippen molar-refractivity contribution in [2.75, 3.05) is 18.4 Å². The van der Waals surface area contributed by atoms with Crippen LogP contribution >= 0.6 is 0 Å². The fraction of sp³-hybridized carbons (Fsp3) is 0.100.